The van der Waals surface area contributed by atoms with E-state index >= 15 is 0 Å². The van der Waals surface area contributed by atoms with Gasteiger partial charge in [0.15, 0.2) is 5.84 Å². The molecule has 0 spiro atoms. The van der Waals surface area contributed by atoms with Gasteiger partial charge in [-0.05, 0) is 53.9 Å². The molecule has 7 rings (SSSR count). The molecule has 7 aromatic rings. The Kier molecular flexibility index (Phi) is 7.27. The lowest BCUT2D eigenvalue weighted by Crippen LogP contribution is -2.04. The highest BCUT2D eigenvalue weighted by molar-refractivity contribution is 6.13. The Hall–Kier alpha value is -5.80. The van der Waals surface area contributed by atoms with E-state index in [2.05, 4.69) is 120 Å². The lowest BCUT2D eigenvalue weighted by molar-refractivity contribution is 1.18. The number of hydrogen-bond donors (Lipinski definition) is 0. The molecule has 6 aromatic carbocycles. The second-order valence-electron chi connectivity index (χ2n) is 10.8. The first-order chi connectivity index (χ1) is 21.7. The van der Waals surface area contributed by atoms with Crippen LogP contribution in [0.15, 0.2) is 174 Å². The smallest absolute Gasteiger partial charge is 0.160 e. The minimum Gasteiger partial charge on any atom is -0.309 e. The van der Waals surface area contributed by atoms with Crippen LogP contribution in [-0.2, 0) is 0 Å². The van der Waals surface area contributed by atoms with Gasteiger partial charge in [-0.2, -0.15) is 0 Å². The fourth-order valence-corrected chi connectivity index (χ4v) is 5.72. The number of nitrogens with zero attached hydrogens (tertiary/aromatic N) is 3. The van der Waals surface area contributed by atoms with E-state index in [0.717, 1.165) is 39.2 Å². The molecule has 210 valence electrons. The molecule has 0 fully saturated rings. The number of rotatable bonds is 6. The van der Waals surface area contributed by atoms with E-state index in [0.29, 0.717) is 11.5 Å². The number of aromatic nitrogens is 1. The van der Waals surface area contributed by atoms with E-state index in [1.165, 1.54) is 21.8 Å². The normalized spacial score (nSPS) is 12.1. The van der Waals surface area contributed by atoms with Gasteiger partial charge in [0.25, 0.3) is 0 Å². The van der Waals surface area contributed by atoms with Crippen molar-refractivity contribution in [3.63, 3.8) is 0 Å². The summed E-state index contributed by atoms with van der Waals surface area (Å²) in [6, 6.07) is 54.6. The van der Waals surface area contributed by atoms with Crippen molar-refractivity contribution in [3.8, 4) is 16.8 Å². The quantitative estimate of drug-likeness (QED) is 0.142. The first-order valence-electron chi connectivity index (χ1n) is 14.8. The summed E-state index contributed by atoms with van der Waals surface area (Å²) in [4.78, 5) is 9.94. The summed E-state index contributed by atoms with van der Waals surface area (Å²) < 4.78 is 2.35. The number of para-hydroxylation sites is 2. The average molecular weight is 566 g/mol. The summed E-state index contributed by atoms with van der Waals surface area (Å²) in [7, 11) is 0. The fraction of sp³-hybridized carbons (Fsp3) is 0.0244. The van der Waals surface area contributed by atoms with Gasteiger partial charge >= 0.3 is 0 Å². The van der Waals surface area contributed by atoms with Crippen molar-refractivity contribution in [1.29, 1.82) is 0 Å². The molecule has 0 aliphatic heterocycles. The van der Waals surface area contributed by atoms with E-state index in [9.17, 15) is 0 Å². The van der Waals surface area contributed by atoms with Gasteiger partial charge in [-0.3, -0.25) is 0 Å². The third kappa shape index (κ3) is 5.28. The number of aliphatic imine (C=N–C) groups is 2. The van der Waals surface area contributed by atoms with Crippen molar-refractivity contribution >= 4 is 39.1 Å². The van der Waals surface area contributed by atoms with Crippen molar-refractivity contribution in [1.82, 2.24) is 4.57 Å². The van der Waals surface area contributed by atoms with Gasteiger partial charge in [-0.25, -0.2) is 9.98 Å². The van der Waals surface area contributed by atoms with Gasteiger partial charge in [0.1, 0.15) is 0 Å². The second kappa shape index (κ2) is 11.8. The monoisotopic (exact) mass is 565 g/mol. The SMILES string of the molecule is C=C(N=C(N=C(C)c1ccccc1)c1ccccc1)c1cccc(-c2ccc3c4ccccc4n(-c4ccccc4)c3c2)c1. The molecule has 0 saturated carbocycles. The highest BCUT2D eigenvalue weighted by Crippen LogP contribution is 2.35. The Balaban J connectivity index is 1.30. The molecule has 0 bridgehead atoms. The minimum absolute atomic E-state index is 0.635. The van der Waals surface area contributed by atoms with Crippen LogP contribution in [0, 0.1) is 0 Å². The largest absolute Gasteiger partial charge is 0.309 e. The van der Waals surface area contributed by atoms with Crippen molar-refractivity contribution in [2.75, 3.05) is 0 Å². The maximum Gasteiger partial charge on any atom is 0.160 e. The van der Waals surface area contributed by atoms with Crippen LogP contribution in [0.1, 0.15) is 23.6 Å². The maximum absolute atomic E-state index is 4.98. The molecule has 44 heavy (non-hydrogen) atoms. The van der Waals surface area contributed by atoms with E-state index < -0.39 is 0 Å². The van der Waals surface area contributed by atoms with Crippen LogP contribution in [0.4, 0.5) is 0 Å². The van der Waals surface area contributed by atoms with Gasteiger partial charge in [0.2, 0.25) is 0 Å². The van der Waals surface area contributed by atoms with Gasteiger partial charge in [0.05, 0.1) is 16.7 Å². The highest BCUT2D eigenvalue weighted by Gasteiger charge is 2.14. The molecular formula is C41H31N3. The summed E-state index contributed by atoms with van der Waals surface area (Å²) in [6.07, 6.45) is 0. The van der Waals surface area contributed by atoms with Crippen LogP contribution >= 0.6 is 0 Å². The Bertz CT molecular complexity index is 2170. The summed E-state index contributed by atoms with van der Waals surface area (Å²) in [5, 5.41) is 2.48. The van der Waals surface area contributed by atoms with Crippen LogP contribution < -0.4 is 0 Å². The van der Waals surface area contributed by atoms with E-state index in [4.69, 9.17) is 9.98 Å². The van der Waals surface area contributed by atoms with Crippen molar-refractivity contribution < 1.29 is 0 Å². The van der Waals surface area contributed by atoms with Gasteiger partial charge in [-0.15, -0.1) is 0 Å². The van der Waals surface area contributed by atoms with Crippen LogP contribution in [0.25, 0.3) is 44.3 Å². The second-order valence-corrected chi connectivity index (χ2v) is 10.8. The maximum atomic E-state index is 4.98. The minimum atomic E-state index is 0.635. The Morgan fingerprint density at radius 3 is 1.84 bits per heavy atom. The Morgan fingerprint density at radius 1 is 0.500 bits per heavy atom. The standard InChI is InChI=1S/C41H31N3/c1-29(31-15-6-3-7-16-31)42-41(32-17-8-4-9-18-32)43-30(2)33-19-14-20-34(27-33)35-25-26-38-37-23-12-13-24-39(37)44(40(38)28-35)36-21-10-5-11-22-36/h3-28H,2H2,1H3. The zero-order chi connectivity index (χ0) is 29.9. The van der Waals surface area contributed by atoms with E-state index in [1.807, 2.05) is 55.5 Å². The molecule has 0 radical (unpaired) electrons. The molecule has 0 saturated heterocycles. The summed E-state index contributed by atoms with van der Waals surface area (Å²) in [5.41, 5.74) is 10.3. The summed E-state index contributed by atoms with van der Waals surface area (Å²) in [5.74, 6) is 0.635. The highest BCUT2D eigenvalue weighted by atomic mass is 15.0. The van der Waals surface area contributed by atoms with Gasteiger partial charge in [-0.1, -0.05) is 134 Å². The van der Waals surface area contributed by atoms with Crippen LogP contribution in [0.3, 0.4) is 0 Å². The molecule has 1 aromatic heterocycles. The molecule has 0 aliphatic carbocycles. The molecule has 0 unspecified atom stereocenters. The topological polar surface area (TPSA) is 29.6 Å². The lowest BCUT2D eigenvalue weighted by atomic mass is 10.0. The molecule has 3 nitrogen and oxygen atoms in total. The Morgan fingerprint density at radius 2 is 1.09 bits per heavy atom. The molecule has 0 amide bonds. The van der Waals surface area contributed by atoms with Gasteiger partial charge < -0.3 is 4.57 Å². The summed E-state index contributed by atoms with van der Waals surface area (Å²) in [6.45, 7) is 6.39. The zero-order valence-electron chi connectivity index (χ0n) is 24.6. The zero-order valence-corrected chi connectivity index (χ0v) is 24.6. The van der Waals surface area contributed by atoms with Crippen LogP contribution in [0.5, 0.6) is 0 Å². The first kappa shape index (κ1) is 27.1. The average Bonchev–Trinajstić information content (AvgIpc) is 3.43. The predicted molar refractivity (Wildman–Crippen MR) is 187 cm³/mol. The molecular weight excluding hydrogens is 534 g/mol. The van der Waals surface area contributed by atoms with Crippen LogP contribution in [0.2, 0.25) is 0 Å². The number of amidine groups is 1. The first-order valence-corrected chi connectivity index (χ1v) is 14.8. The van der Waals surface area contributed by atoms with E-state index in [1.54, 1.807) is 0 Å². The third-order valence-corrected chi connectivity index (χ3v) is 7.96. The molecule has 1 heterocycles. The number of hydrogen-bond acceptors (Lipinski definition) is 1. The van der Waals surface area contributed by atoms with E-state index in [-0.39, 0.29) is 0 Å². The van der Waals surface area contributed by atoms with Crippen LogP contribution in [-0.4, -0.2) is 16.1 Å². The molecule has 0 N–H and O–H groups in total. The third-order valence-electron chi connectivity index (χ3n) is 7.96. The Labute approximate surface area is 257 Å². The fourth-order valence-electron chi connectivity index (χ4n) is 5.72. The number of benzene rings is 6. The van der Waals surface area contributed by atoms with Gasteiger partial charge in [0, 0.05) is 33.3 Å². The van der Waals surface area contributed by atoms with Crippen molar-refractivity contribution in [3.05, 3.63) is 181 Å². The molecule has 0 aliphatic rings. The molecule has 0 atom stereocenters. The lowest BCUT2D eigenvalue weighted by Gasteiger charge is -2.10. The predicted octanol–water partition coefficient (Wildman–Crippen LogP) is 10.4. The summed E-state index contributed by atoms with van der Waals surface area (Å²) >= 11 is 0. The van der Waals surface area contributed by atoms with Crippen molar-refractivity contribution in [2.45, 2.75) is 6.92 Å². The van der Waals surface area contributed by atoms with Crippen molar-refractivity contribution in [2.24, 2.45) is 9.98 Å². The number of fused-ring (bicyclic) bond motifs is 3. The molecule has 3 heteroatoms.